The van der Waals surface area contributed by atoms with E-state index in [1.54, 1.807) is 0 Å². The molecule has 0 fully saturated rings. The lowest BCUT2D eigenvalue weighted by Crippen LogP contribution is -2.02. The maximum atomic E-state index is 6.74. The topological polar surface area (TPSA) is 61.9 Å². The van der Waals surface area contributed by atoms with Gasteiger partial charge in [0.15, 0.2) is 5.82 Å². The highest BCUT2D eigenvalue weighted by Gasteiger charge is 2.22. The van der Waals surface area contributed by atoms with Gasteiger partial charge in [0.05, 0.1) is 33.5 Å². The highest BCUT2D eigenvalue weighted by Crippen LogP contribution is 2.44. The van der Waals surface area contributed by atoms with Crippen molar-refractivity contribution >= 4 is 87.5 Å². The molecule has 5 heterocycles. The number of benzene rings is 11. The Hall–Kier alpha value is -10.3. The van der Waals surface area contributed by atoms with E-state index in [1.807, 2.05) is 30.3 Å². The van der Waals surface area contributed by atoms with Crippen LogP contribution in [0.4, 0.5) is 0 Å². The van der Waals surface area contributed by atoms with Crippen LogP contribution in [0.2, 0.25) is 0 Å². The predicted molar refractivity (Wildman–Crippen MR) is 312 cm³/mol. The van der Waals surface area contributed by atoms with Crippen LogP contribution in [0, 0.1) is 0 Å². The fourth-order valence-electron chi connectivity index (χ4n) is 11.9. The Morgan fingerprint density at radius 3 is 1.12 bits per heavy atom. The Kier molecular flexibility index (Phi) is 9.23. The molecule has 0 saturated carbocycles. The molecule has 0 amide bonds. The van der Waals surface area contributed by atoms with Crippen LogP contribution in [0.1, 0.15) is 0 Å². The maximum Gasteiger partial charge on any atom is 0.160 e. The van der Waals surface area contributed by atoms with Gasteiger partial charge in [-0.25, -0.2) is 9.97 Å². The zero-order chi connectivity index (χ0) is 49.8. The van der Waals surface area contributed by atoms with Gasteiger partial charge in [-0.15, -0.1) is 0 Å². The highest BCUT2D eigenvalue weighted by atomic mass is 16.3. The molecule has 0 saturated heterocycles. The van der Waals surface area contributed by atoms with Gasteiger partial charge in [0.25, 0.3) is 0 Å². The van der Waals surface area contributed by atoms with Crippen LogP contribution in [0.15, 0.2) is 264 Å². The Balaban J connectivity index is 0.983. The van der Waals surface area contributed by atoms with Crippen molar-refractivity contribution in [3.8, 4) is 67.5 Å². The summed E-state index contributed by atoms with van der Waals surface area (Å²) >= 11 is 0. The zero-order valence-corrected chi connectivity index (χ0v) is 40.9. The van der Waals surface area contributed by atoms with Gasteiger partial charge in [-0.2, -0.15) is 0 Å². The molecule has 0 N–H and O–H groups in total. The summed E-state index contributed by atoms with van der Waals surface area (Å²) in [6.07, 6.45) is 0. The smallest absolute Gasteiger partial charge is 0.160 e. The van der Waals surface area contributed by atoms with E-state index in [0.29, 0.717) is 5.82 Å². The molecule has 76 heavy (non-hydrogen) atoms. The second-order valence-electron chi connectivity index (χ2n) is 19.7. The highest BCUT2D eigenvalue weighted by molar-refractivity contribution is 6.13. The Morgan fingerprint density at radius 2 is 0.645 bits per heavy atom. The molecule has 0 radical (unpaired) electrons. The van der Waals surface area contributed by atoms with Crippen molar-refractivity contribution in [2.24, 2.45) is 0 Å². The molecule has 5 aromatic heterocycles. The number of para-hydroxylation sites is 8. The van der Waals surface area contributed by atoms with Gasteiger partial charge in [0.1, 0.15) is 22.3 Å². The van der Waals surface area contributed by atoms with E-state index in [-0.39, 0.29) is 0 Å². The molecule has 0 unspecified atom stereocenters. The molecule has 6 heteroatoms. The number of hydrogen-bond acceptors (Lipinski definition) is 4. The Labute approximate surface area is 435 Å². The normalized spacial score (nSPS) is 11.9. The number of furan rings is 2. The fraction of sp³-hybridized carbons (Fsp3) is 0. The molecule has 16 aromatic rings. The molecule has 11 aromatic carbocycles. The average molecular weight is 971 g/mol. The van der Waals surface area contributed by atoms with Crippen LogP contribution in [0.25, 0.3) is 155 Å². The monoisotopic (exact) mass is 970 g/mol. The van der Waals surface area contributed by atoms with Gasteiger partial charge >= 0.3 is 0 Å². The van der Waals surface area contributed by atoms with Gasteiger partial charge in [-0.3, -0.25) is 0 Å². The van der Waals surface area contributed by atoms with E-state index < -0.39 is 0 Å². The average Bonchev–Trinajstić information content (AvgIpc) is 4.26. The van der Waals surface area contributed by atoms with Crippen LogP contribution in [0.3, 0.4) is 0 Å². The van der Waals surface area contributed by atoms with E-state index in [9.17, 15) is 0 Å². The Morgan fingerprint density at radius 1 is 0.263 bits per heavy atom. The second kappa shape index (κ2) is 16.6. The van der Waals surface area contributed by atoms with E-state index >= 15 is 0 Å². The third-order valence-corrected chi connectivity index (χ3v) is 15.3. The van der Waals surface area contributed by atoms with Crippen molar-refractivity contribution in [2.75, 3.05) is 0 Å². The molecule has 6 nitrogen and oxygen atoms in total. The first-order chi connectivity index (χ1) is 37.7. The number of rotatable bonds is 7. The lowest BCUT2D eigenvalue weighted by molar-refractivity contribution is 0.670. The standard InChI is InChI=1S/C70H42N4O2/c1-2-18-43(19-3-1)60-42-61(46-37-44(50-26-16-28-58-56-24-8-14-34-66(56)75-68(50)58)36-45(38-46)51-27-17-29-59-57-25-9-15-35-67(57)76-69(51)59)72-70(71-60)47-39-48(73-62-30-10-4-20-52(62)53-21-5-11-31-63(53)73)41-49(40-47)74-64-32-12-6-22-54(64)55-23-7-13-33-65(55)74/h1-42H. The van der Waals surface area contributed by atoms with E-state index in [4.69, 9.17) is 18.8 Å². The third kappa shape index (κ3) is 6.54. The molecule has 0 aliphatic carbocycles. The van der Waals surface area contributed by atoms with Crippen LogP contribution >= 0.6 is 0 Å². The van der Waals surface area contributed by atoms with Gasteiger partial charge in [-0.1, -0.05) is 176 Å². The minimum absolute atomic E-state index is 0.603. The van der Waals surface area contributed by atoms with Crippen LogP contribution in [-0.2, 0) is 0 Å². The first kappa shape index (κ1) is 42.2. The van der Waals surface area contributed by atoms with Crippen molar-refractivity contribution < 1.29 is 8.83 Å². The van der Waals surface area contributed by atoms with Crippen molar-refractivity contribution in [1.29, 1.82) is 0 Å². The summed E-state index contributed by atoms with van der Waals surface area (Å²) in [5.74, 6) is 0.603. The van der Waals surface area contributed by atoms with E-state index in [1.165, 1.54) is 21.5 Å². The summed E-state index contributed by atoms with van der Waals surface area (Å²) in [7, 11) is 0. The summed E-state index contributed by atoms with van der Waals surface area (Å²) < 4.78 is 18.3. The van der Waals surface area contributed by atoms with Crippen molar-refractivity contribution in [2.45, 2.75) is 0 Å². The number of nitrogens with zero attached hydrogens (tertiary/aromatic N) is 4. The fourth-order valence-corrected chi connectivity index (χ4v) is 11.9. The van der Waals surface area contributed by atoms with Crippen LogP contribution in [0.5, 0.6) is 0 Å². The lowest BCUT2D eigenvalue weighted by atomic mass is 9.93. The maximum absolute atomic E-state index is 6.74. The summed E-state index contributed by atoms with van der Waals surface area (Å²) in [5, 5.41) is 9.07. The molecule has 0 aliphatic heterocycles. The van der Waals surface area contributed by atoms with Crippen molar-refractivity contribution in [3.63, 3.8) is 0 Å². The molecule has 0 spiro atoms. The van der Waals surface area contributed by atoms with Gasteiger partial charge in [0, 0.05) is 82.3 Å². The first-order valence-electron chi connectivity index (χ1n) is 25.7. The van der Waals surface area contributed by atoms with Crippen molar-refractivity contribution in [3.05, 3.63) is 255 Å². The number of fused-ring (bicyclic) bond motifs is 12. The first-order valence-corrected chi connectivity index (χ1v) is 25.7. The third-order valence-electron chi connectivity index (χ3n) is 15.3. The molecule has 16 rings (SSSR count). The van der Waals surface area contributed by atoms with E-state index in [2.05, 4.69) is 234 Å². The lowest BCUT2D eigenvalue weighted by Gasteiger charge is -2.17. The zero-order valence-electron chi connectivity index (χ0n) is 40.9. The Bertz CT molecular complexity index is 4640. The SMILES string of the molecule is c1ccc(-c2cc(-c3cc(-c4cccc5c4oc4ccccc45)cc(-c4cccc5c4oc4ccccc45)c3)nc(-c3cc(-n4c5ccccc5c5ccccc54)cc(-n4c5ccccc5c5ccccc54)c3)n2)cc1. The number of aromatic nitrogens is 4. The summed E-state index contributed by atoms with van der Waals surface area (Å²) in [4.78, 5) is 11.2. The minimum Gasteiger partial charge on any atom is -0.455 e. The van der Waals surface area contributed by atoms with Gasteiger partial charge in [-0.05, 0) is 90.0 Å². The molecule has 0 aliphatic rings. The second-order valence-corrected chi connectivity index (χ2v) is 19.7. The summed E-state index contributed by atoms with van der Waals surface area (Å²) in [6, 6.07) is 90.3. The van der Waals surface area contributed by atoms with Crippen LogP contribution in [-0.4, -0.2) is 19.1 Å². The van der Waals surface area contributed by atoms with Gasteiger partial charge < -0.3 is 18.0 Å². The van der Waals surface area contributed by atoms with Crippen LogP contribution < -0.4 is 0 Å². The number of hydrogen-bond donors (Lipinski definition) is 0. The minimum atomic E-state index is 0.603. The summed E-state index contributed by atoms with van der Waals surface area (Å²) in [5.41, 5.74) is 18.2. The van der Waals surface area contributed by atoms with E-state index in [0.717, 1.165) is 128 Å². The van der Waals surface area contributed by atoms with Crippen molar-refractivity contribution in [1.82, 2.24) is 19.1 Å². The summed E-state index contributed by atoms with van der Waals surface area (Å²) in [6.45, 7) is 0. The molecular weight excluding hydrogens is 929 g/mol. The molecule has 0 atom stereocenters. The molecule has 0 bridgehead atoms. The predicted octanol–water partition coefficient (Wildman–Crippen LogP) is 18.8. The quantitative estimate of drug-likeness (QED) is 0.160. The van der Waals surface area contributed by atoms with Gasteiger partial charge in [0.2, 0.25) is 0 Å². The largest absolute Gasteiger partial charge is 0.455 e. The molecule has 354 valence electrons. The molecular formula is C70H42N4O2.